The van der Waals surface area contributed by atoms with Gasteiger partial charge in [-0.25, -0.2) is 4.98 Å². The van der Waals surface area contributed by atoms with Crippen molar-refractivity contribution >= 4 is 11.6 Å². The van der Waals surface area contributed by atoms with Gasteiger partial charge in [0.1, 0.15) is 16.8 Å². The first-order valence-electron chi connectivity index (χ1n) is 12.0. The van der Waals surface area contributed by atoms with E-state index in [1.807, 2.05) is 0 Å². The normalized spacial score (nSPS) is 23.2. The Morgan fingerprint density at radius 1 is 1.03 bits per heavy atom. The molecular weight excluding hydrogens is 545 g/mol. The summed E-state index contributed by atoms with van der Waals surface area (Å²) in [5.41, 5.74) is -7.96. The molecule has 1 aromatic carbocycles. The molecule has 2 aliphatic rings. The highest BCUT2D eigenvalue weighted by atomic mass is 19.4. The minimum absolute atomic E-state index is 0.0256. The van der Waals surface area contributed by atoms with Gasteiger partial charge in [-0.2, -0.15) is 39.5 Å². The number of anilines is 1. The quantitative estimate of drug-likeness (QED) is 0.434. The van der Waals surface area contributed by atoms with Gasteiger partial charge in [0.25, 0.3) is 0 Å². The Hall–Kier alpha value is -3.03. The van der Waals surface area contributed by atoms with Crippen molar-refractivity contribution in [3.05, 3.63) is 58.9 Å². The summed E-state index contributed by atoms with van der Waals surface area (Å²) in [5, 5.41) is 12.9. The third-order valence-electron chi connectivity index (χ3n) is 7.32. The first-order valence-corrected chi connectivity index (χ1v) is 12.0. The number of aliphatic hydroxyl groups is 1. The maximum Gasteiger partial charge on any atom is 0.433 e. The van der Waals surface area contributed by atoms with Crippen LogP contribution in [0.25, 0.3) is 0 Å². The van der Waals surface area contributed by atoms with Crippen LogP contribution in [0.2, 0.25) is 0 Å². The second-order valence-electron chi connectivity index (χ2n) is 9.83. The van der Waals surface area contributed by atoms with Gasteiger partial charge in [0.2, 0.25) is 5.91 Å². The number of aliphatic hydroxyl groups excluding tert-OH is 1. The standard InChI is InChI=1S/C25H24F9N3O2/c1-13(35-21(39)15-2-3-15)14-4-6-17(7-5-14)37-9-8-22(20(37)12-38,25(32,33)34)16-10-18(23(26,27)28)36-19(11-16)24(29,30)31/h4-7,10-11,13,15,20,38H,2-3,8-9,12H2,1H3,(H,35,39)/t13-,20-,22?/m0/s1. The van der Waals surface area contributed by atoms with E-state index in [0.29, 0.717) is 5.56 Å². The number of rotatable bonds is 6. The number of alkyl halides is 9. The Balaban J connectivity index is 1.73. The molecule has 2 aromatic rings. The van der Waals surface area contributed by atoms with Gasteiger partial charge < -0.3 is 15.3 Å². The number of halogens is 9. The highest BCUT2D eigenvalue weighted by Crippen LogP contribution is 2.53. The predicted molar refractivity (Wildman–Crippen MR) is 121 cm³/mol. The van der Waals surface area contributed by atoms with E-state index in [0.717, 1.165) is 17.7 Å². The van der Waals surface area contributed by atoms with Crippen molar-refractivity contribution in [2.75, 3.05) is 18.1 Å². The van der Waals surface area contributed by atoms with Gasteiger partial charge in [-0.1, -0.05) is 12.1 Å². The molecule has 39 heavy (non-hydrogen) atoms. The smallest absolute Gasteiger partial charge is 0.394 e. The molecule has 0 bridgehead atoms. The zero-order valence-electron chi connectivity index (χ0n) is 20.4. The highest BCUT2D eigenvalue weighted by Gasteiger charge is 2.65. The maximum absolute atomic E-state index is 14.7. The van der Waals surface area contributed by atoms with Crippen LogP contribution in [0.5, 0.6) is 0 Å². The number of nitrogens with one attached hydrogen (secondary N) is 1. The fraction of sp³-hybridized carbons (Fsp3) is 0.520. The van der Waals surface area contributed by atoms with E-state index in [-0.39, 0.29) is 29.6 Å². The number of pyridine rings is 1. The Labute approximate surface area is 217 Å². The van der Waals surface area contributed by atoms with Crippen LogP contribution < -0.4 is 10.2 Å². The maximum atomic E-state index is 14.7. The average molecular weight is 569 g/mol. The Bertz CT molecular complexity index is 1170. The van der Waals surface area contributed by atoms with Crippen LogP contribution in [0.15, 0.2) is 36.4 Å². The van der Waals surface area contributed by atoms with Gasteiger partial charge in [0.05, 0.1) is 18.7 Å². The third-order valence-corrected chi connectivity index (χ3v) is 7.32. The van der Waals surface area contributed by atoms with Crippen LogP contribution in [0, 0.1) is 5.92 Å². The van der Waals surface area contributed by atoms with E-state index in [9.17, 15) is 49.4 Å². The lowest BCUT2D eigenvalue weighted by Gasteiger charge is -2.40. The summed E-state index contributed by atoms with van der Waals surface area (Å²) in [6.45, 7) is 0.0967. The summed E-state index contributed by atoms with van der Waals surface area (Å²) >= 11 is 0. The van der Waals surface area contributed by atoms with Crippen LogP contribution in [0.4, 0.5) is 45.2 Å². The van der Waals surface area contributed by atoms with Crippen molar-refractivity contribution in [3.63, 3.8) is 0 Å². The van der Waals surface area contributed by atoms with Gasteiger partial charge >= 0.3 is 18.5 Å². The van der Waals surface area contributed by atoms with E-state index in [1.165, 1.54) is 12.1 Å². The van der Waals surface area contributed by atoms with Crippen LogP contribution in [0.3, 0.4) is 0 Å². The SMILES string of the molecule is C[C@H](NC(=O)C1CC1)c1ccc(N2CCC(c3cc(C(F)(F)F)nc(C(F)(F)F)c3)(C(F)(F)F)[C@@H]2CO)cc1. The summed E-state index contributed by atoms with van der Waals surface area (Å²) in [6.07, 6.45) is -15.5. The second kappa shape index (κ2) is 9.86. The molecule has 1 aliphatic heterocycles. The van der Waals surface area contributed by atoms with Crippen molar-refractivity contribution in [2.24, 2.45) is 5.92 Å². The van der Waals surface area contributed by atoms with Crippen LogP contribution in [0.1, 0.15) is 54.7 Å². The molecule has 14 heteroatoms. The number of aromatic nitrogens is 1. The molecule has 1 unspecified atom stereocenters. The van der Waals surface area contributed by atoms with Crippen molar-refractivity contribution in [3.8, 4) is 0 Å². The average Bonchev–Trinajstić information content (AvgIpc) is 3.61. The summed E-state index contributed by atoms with van der Waals surface area (Å²) in [7, 11) is 0. The Kier molecular flexibility index (Phi) is 7.32. The molecule has 2 fully saturated rings. The lowest BCUT2D eigenvalue weighted by molar-refractivity contribution is -0.195. The van der Waals surface area contributed by atoms with E-state index < -0.39 is 72.6 Å². The molecule has 1 saturated carbocycles. The van der Waals surface area contributed by atoms with Gasteiger partial charge in [0.15, 0.2) is 0 Å². The molecule has 4 rings (SSSR count). The number of carbonyl (C=O) groups is 1. The first kappa shape index (κ1) is 29.0. The molecular formula is C25H24F9N3O2. The monoisotopic (exact) mass is 569 g/mol. The van der Waals surface area contributed by atoms with E-state index >= 15 is 0 Å². The molecule has 0 radical (unpaired) electrons. The molecule has 1 saturated heterocycles. The number of carbonyl (C=O) groups excluding carboxylic acids is 1. The number of benzene rings is 1. The largest absolute Gasteiger partial charge is 0.433 e. The van der Waals surface area contributed by atoms with Gasteiger partial charge in [-0.3, -0.25) is 4.79 Å². The molecule has 5 nitrogen and oxygen atoms in total. The van der Waals surface area contributed by atoms with Crippen LogP contribution in [-0.2, 0) is 22.6 Å². The zero-order chi connectivity index (χ0) is 29.0. The highest BCUT2D eigenvalue weighted by molar-refractivity contribution is 5.81. The molecule has 0 spiro atoms. The van der Waals surface area contributed by atoms with Crippen molar-refractivity contribution < 1.29 is 49.4 Å². The van der Waals surface area contributed by atoms with E-state index in [4.69, 9.17) is 0 Å². The minimum atomic E-state index is -5.45. The molecule has 1 aromatic heterocycles. The van der Waals surface area contributed by atoms with E-state index in [2.05, 4.69) is 10.3 Å². The van der Waals surface area contributed by atoms with Crippen molar-refractivity contribution in [1.29, 1.82) is 0 Å². The topological polar surface area (TPSA) is 65.5 Å². The van der Waals surface area contributed by atoms with Gasteiger partial charge in [-0.05, 0) is 61.6 Å². The van der Waals surface area contributed by atoms with Crippen LogP contribution in [-0.4, -0.2) is 41.4 Å². The molecule has 2 heterocycles. The van der Waals surface area contributed by atoms with Gasteiger partial charge in [-0.15, -0.1) is 0 Å². The zero-order valence-corrected chi connectivity index (χ0v) is 20.4. The molecule has 3 atom stereocenters. The summed E-state index contributed by atoms with van der Waals surface area (Å²) < 4.78 is 124. The van der Waals surface area contributed by atoms with E-state index in [1.54, 1.807) is 19.1 Å². The number of hydrogen-bond donors (Lipinski definition) is 2. The summed E-state index contributed by atoms with van der Waals surface area (Å²) in [6, 6.07) is 3.56. The third kappa shape index (κ3) is 5.52. The fourth-order valence-electron chi connectivity index (χ4n) is 5.07. The Morgan fingerprint density at radius 3 is 2.00 bits per heavy atom. The Morgan fingerprint density at radius 2 is 1.56 bits per heavy atom. The minimum Gasteiger partial charge on any atom is -0.394 e. The molecule has 1 aliphatic carbocycles. The number of hydrogen-bond acceptors (Lipinski definition) is 4. The lowest BCUT2D eigenvalue weighted by atomic mass is 9.73. The molecule has 2 N–H and O–H groups in total. The fourth-order valence-corrected chi connectivity index (χ4v) is 5.07. The summed E-state index contributed by atoms with van der Waals surface area (Å²) in [4.78, 5) is 15.7. The lowest BCUT2D eigenvalue weighted by Crippen LogP contribution is -2.54. The van der Waals surface area contributed by atoms with Crippen LogP contribution >= 0.6 is 0 Å². The second-order valence-corrected chi connectivity index (χ2v) is 9.83. The predicted octanol–water partition coefficient (Wildman–Crippen LogP) is 5.78. The number of amides is 1. The first-order chi connectivity index (χ1) is 18.0. The van der Waals surface area contributed by atoms with Gasteiger partial charge in [0, 0.05) is 18.2 Å². The van der Waals surface area contributed by atoms with Crippen molar-refractivity contribution in [1.82, 2.24) is 10.3 Å². The van der Waals surface area contributed by atoms with Crippen molar-refractivity contribution in [2.45, 2.75) is 62.2 Å². The number of nitrogens with zero attached hydrogens (tertiary/aromatic N) is 2. The molecule has 214 valence electrons. The summed E-state index contributed by atoms with van der Waals surface area (Å²) in [5.74, 6) is -0.156. The molecule has 1 amide bonds.